The molecule has 0 aromatic heterocycles. The number of carbonyl (C=O) groups is 2. The van der Waals surface area contributed by atoms with Crippen LogP contribution in [0.5, 0.6) is 0 Å². The average molecular weight is 276 g/mol. The normalized spacial score (nSPS) is 15.6. The zero-order chi connectivity index (χ0) is 14.8. The van der Waals surface area contributed by atoms with E-state index in [2.05, 4.69) is 5.32 Å². The van der Waals surface area contributed by atoms with Gasteiger partial charge in [0.05, 0.1) is 0 Å². The lowest BCUT2D eigenvalue weighted by Crippen LogP contribution is -2.44. The summed E-state index contributed by atoms with van der Waals surface area (Å²) in [5.41, 5.74) is 5.29. The van der Waals surface area contributed by atoms with Gasteiger partial charge >= 0.3 is 5.97 Å². The number of amides is 1. The van der Waals surface area contributed by atoms with Crippen molar-refractivity contribution in [2.45, 2.75) is 45.4 Å². The van der Waals surface area contributed by atoms with Gasteiger partial charge in [0.2, 0.25) is 5.91 Å². The van der Waals surface area contributed by atoms with Gasteiger partial charge in [0, 0.05) is 25.5 Å². The summed E-state index contributed by atoms with van der Waals surface area (Å²) in [5, 5.41) is 20.6. The molecule has 3 atom stereocenters. The molecule has 5 N–H and O–H groups in total. The minimum Gasteiger partial charge on any atom is -0.480 e. The second-order valence-corrected chi connectivity index (χ2v) is 4.36. The zero-order valence-corrected chi connectivity index (χ0v) is 11.5. The first-order chi connectivity index (χ1) is 8.92. The molecule has 0 spiro atoms. The van der Waals surface area contributed by atoms with Crippen molar-refractivity contribution in [3.63, 3.8) is 0 Å². The van der Waals surface area contributed by atoms with Crippen molar-refractivity contribution < 1.29 is 24.5 Å². The Morgan fingerprint density at radius 1 is 1.37 bits per heavy atom. The molecular formula is C12H24N2O5. The van der Waals surface area contributed by atoms with E-state index in [1.807, 2.05) is 13.8 Å². The molecule has 19 heavy (non-hydrogen) atoms. The highest BCUT2D eigenvalue weighted by Gasteiger charge is 2.22. The molecule has 7 nitrogen and oxygen atoms in total. The standard InChI is InChI=1S/C12H24N2O5/c1-3-5-19-10(15)6-8(4-2)11(16)14-7-9(13)12(17)18/h8-10,15H,3-7,13H2,1-2H3,(H,14,16)(H,17,18)/t8?,9-,10?/m0/s1. The van der Waals surface area contributed by atoms with Crippen molar-refractivity contribution in [1.29, 1.82) is 0 Å². The van der Waals surface area contributed by atoms with Crippen LogP contribution in [0.4, 0.5) is 0 Å². The topological polar surface area (TPSA) is 122 Å². The molecule has 0 aromatic carbocycles. The van der Waals surface area contributed by atoms with E-state index in [9.17, 15) is 14.7 Å². The van der Waals surface area contributed by atoms with E-state index in [-0.39, 0.29) is 18.9 Å². The summed E-state index contributed by atoms with van der Waals surface area (Å²) in [6.45, 7) is 4.04. The fraction of sp³-hybridized carbons (Fsp3) is 0.833. The van der Waals surface area contributed by atoms with Crippen molar-refractivity contribution in [1.82, 2.24) is 5.32 Å². The van der Waals surface area contributed by atoms with Gasteiger partial charge in [-0.2, -0.15) is 0 Å². The van der Waals surface area contributed by atoms with Gasteiger partial charge in [0.1, 0.15) is 6.04 Å². The predicted molar refractivity (Wildman–Crippen MR) is 69.3 cm³/mol. The summed E-state index contributed by atoms with van der Waals surface area (Å²) in [6, 6.07) is -1.12. The maximum atomic E-state index is 11.8. The lowest BCUT2D eigenvalue weighted by Gasteiger charge is -2.19. The van der Waals surface area contributed by atoms with E-state index < -0.39 is 24.2 Å². The summed E-state index contributed by atoms with van der Waals surface area (Å²) in [7, 11) is 0. The Morgan fingerprint density at radius 2 is 2.00 bits per heavy atom. The van der Waals surface area contributed by atoms with Crippen LogP contribution in [0.2, 0.25) is 0 Å². The second kappa shape index (κ2) is 9.71. The quantitative estimate of drug-likeness (QED) is 0.405. The fourth-order valence-electron chi connectivity index (χ4n) is 1.47. The molecule has 0 rings (SSSR count). The van der Waals surface area contributed by atoms with Crippen LogP contribution in [-0.2, 0) is 14.3 Å². The molecule has 0 heterocycles. The number of hydrogen-bond acceptors (Lipinski definition) is 5. The molecule has 0 aromatic rings. The van der Waals surface area contributed by atoms with Crippen LogP contribution < -0.4 is 11.1 Å². The zero-order valence-electron chi connectivity index (χ0n) is 11.5. The maximum Gasteiger partial charge on any atom is 0.322 e. The van der Waals surface area contributed by atoms with Gasteiger partial charge in [-0.3, -0.25) is 9.59 Å². The van der Waals surface area contributed by atoms with Gasteiger partial charge < -0.3 is 26.0 Å². The van der Waals surface area contributed by atoms with Crippen LogP contribution in [0.15, 0.2) is 0 Å². The number of carboxylic acid groups (broad SMARTS) is 1. The first-order valence-corrected chi connectivity index (χ1v) is 6.48. The Balaban J connectivity index is 4.13. The van der Waals surface area contributed by atoms with Gasteiger partial charge in [-0.25, -0.2) is 0 Å². The molecule has 2 unspecified atom stereocenters. The number of hydrogen-bond donors (Lipinski definition) is 4. The van der Waals surface area contributed by atoms with Crippen molar-refractivity contribution in [2.24, 2.45) is 11.7 Å². The van der Waals surface area contributed by atoms with Crippen molar-refractivity contribution in [2.75, 3.05) is 13.2 Å². The highest BCUT2D eigenvalue weighted by atomic mass is 16.6. The summed E-state index contributed by atoms with van der Waals surface area (Å²) in [6.07, 6.45) is 0.516. The van der Waals surface area contributed by atoms with Crippen LogP contribution in [0.1, 0.15) is 33.1 Å². The Kier molecular flexibility index (Phi) is 9.11. The Morgan fingerprint density at radius 3 is 2.47 bits per heavy atom. The highest BCUT2D eigenvalue weighted by molar-refractivity contribution is 5.80. The van der Waals surface area contributed by atoms with Crippen LogP contribution >= 0.6 is 0 Å². The maximum absolute atomic E-state index is 11.8. The Hall–Kier alpha value is -1.18. The Labute approximate surface area is 113 Å². The van der Waals surface area contributed by atoms with Crippen LogP contribution in [0.3, 0.4) is 0 Å². The molecule has 0 radical (unpaired) electrons. The molecule has 0 aliphatic rings. The van der Waals surface area contributed by atoms with Crippen molar-refractivity contribution >= 4 is 11.9 Å². The largest absolute Gasteiger partial charge is 0.480 e. The minimum atomic E-state index is -1.17. The lowest BCUT2D eigenvalue weighted by atomic mass is 10.0. The highest BCUT2D eigenvalue weighted by Crippen LogP contribution is 2.12. The molecule has 0 aliphatic carbocycles. The predicted octanol–water partition coefficient (Wildman–Crippen LogP) is -0.324. The molecular weight excluding hydrogens is 252 g/mol. The van der Waals surface area contributed by atoms with Gasteiger partial charge in [0.15, 0.2) is 6.29 Å². The third-order valence-corrected chi connectivity index (χ3v) is 2.68. The van der Waals surface area contributed by atoms with Gasteiger partial charge in [0.25, 0.3) is 0 Å². The van der Waals surface area contributed by atoms with Gasteiger partial charge in [-0.15, -0.1) is 0 Å². The number of aliphatic hydroxyl groups excluding tert-OH is 1. The number of ether oxygens (including phenoxy) is 1. The van der Waals surface area contributed by atoms with Crippen molar-refractivity contribution in [3.8, 4) is 0 Å². The van der Waals surface area contributed by atoms with Crippen LogP contribution in [0.25, 0.3) is 0 Å². The number of carbonyl (C=O) groups excluding carboxylic acids is 1. The van der Waals surface area contributed by atoms with E-state index in [0.717, 1.165) is 6.42 Å². The molecule has 1 amide bonds. The molecule has 0 fully saturated rings. The molecule has 0 saturated carbocycles. The first kappa shape index (κ1) is 17.8. The molecule has 0 saturated heterocycles. The summed E-state index contributed by atoms with van der Waals surface area (Å²) >= 11 is 0. The fourth-order valence-corrected chi connectivity index (χ4v) is 1.47. The van der Waals surface area contributed by atoms with E-state index in [0.29, 0.717) is 13.0 Å². The monoisotopic (exact) mass is 276 g/mol. The van der Waals surface area contributed by atoms with E-state index in [4.69, 9.17) is 15.6 Å². The van der Waals surface area contributed by atoms with Crippen molar-refractivity contribution in [3.05, 3.63) is 0 Å². The molecule has 0 aliphatic heterocycles. The number of nitrogens with two attached hydrogens (primary N) is 1. The third-order valence-electron chi connectivity index (χ3n) is 2.68. The molecule has 112 valence electrons. The van der Waals surface area contributed by atoms with E-state index in [1.54, 1.807) is 0 Å². The number of aliphatic hydroxyl groups is 1. The van der Waals surface area contributed by atoms with E-state index >= 15 is 0 Å². The summed E-state index contributed by atoms with van der Waals surface area (Å²) in [4.78, 5) is 22.3. The smallest absolute Gasteiger partial charge is 0.322 e. The number of rotatable bonds is 10. The third kappa shape index (κ3) is 7.76. The first-order valence-electron chi connectivity index (χ1n) is 6.48. The SMILES string of the molecule is CCCOC(O)CC(CC)C(=O)NC[C@H](N)C(=O)O. The number of carboxylic acids is 1. The van der Waals surface area contributed by atoms with Gasteiger partial charge in [-0.05, 0) is 12.8 Å². The Bertz CT molecular complexity index is 285. The average Bonchev–Trinajstić information content (AvgIpc) is 2.38. The summed E-state index contributed by atoms with van der Waals surface area (Å²) in [5.74, 6) is -1.91. The minimum absolute atomic E-state index is 0.128. The van der Waals surface area contributed by atoms with Crippen LogP contribution in [-0.4, -0.2) is 47.6 Å². The number of nitrogens with one attached hydrogen (secondary N) is 1. The second-order valence-electron chi connectivity index (χ2n) is 4.36. The van der Waals surface area contributed by atoms with Crippen LogP contribution in [0, 0.1) is 5.92 Å². The number of aliphatic carboxylic acids is 1. The lowest BCUT2D eigenvalue weighted by molar-refractivity contribution is -0.139. The van der Waals surface area contributed by atoms with Gasteiger partial charge in [-0.1, -0.05) is 13.8 Å². The molecule has 7 heteroatoms. The van der Waals surface area contributed by atoms with E-state index in [1.165, 1.54) is 0 Å². The molecule has 0 bridgehead atoms. The summed E-state index contributed by atoms with van der Waals surface area (Å²) < 4.78 is 5.09.